The van der Waals surface area contributed by atoms with Gasteiger partial charge in [-0.25, -0.2) is 5.43 Å². The molecular weight excluding hydrogens is 591 g/mol. The zero-order chi connectivity index (χ0) is 27.8. The zero-order valence-electron chi connectivity index (χ0n) is 16.6. The van der Waals surface area contributed by atoms with E-state index in [0.29, 0.717) is 11.4 Å². The lowest BCUT2D eigenvalue weighted by Crippen LogP contribution is -2.71. The maximum atomic E-state index is 13.8. The van der Waals surface area contributed by atoms with Gasteiger partial charge >= 0.3 is 35.8 Å². The average molecular weight is 601 g/mol. The number of halogens is 14. The quantitative estimate of drug-likeness (QED) is 0.207. The lowest BCUT2D eigenvalue weighted by molar-refractivity contribution is -0.436. The Morgan fingerprint density at radius 1 is 0.771 bits per heavy atom. The molecule has 0 spiro atoms. The number of amides is 1. The van der Waals surface area contributed by atoms with Gasteiger partial charge < -0.3 is 0 Å². The molecule has 0 unspecified atom stereocenters. The predicted molar refractivity (Wildman–Crippen MR) is 95.1 cm³/mol. The van der Waals surface area contributed by atoms with Gasteiger partial charge in [-0.2, -0.15) is 62.2 Å². The minimum absolute atomic E-state index is 0.0968. The number of hydrogen-bond donors (Lipinski definition) is 1. The van der Waals surface area contributed by atoms with Crippen molar-refractivity contribution in [2.75, 3.05) is 0 Å². The summed E-state index contributed by atoms with van der Waals surface area (Å²) in [5, 5.41) is 3.04. The number of alkyl halides is 13. The van der Waals surface area contributed by atoms with Crippen LogP contribution in [-0.2, 0) is 4.79 Å². The van der Waals surface area contributed by atoms with Crippen molar-refractivity contribution < 1.29 is 66.7 Å². The van der Waals surface area contributed by atoms with Gasteiger partial charge in [-0.05, 0) is 31.2 Å². The molecule has 1 aromatic carbocycles. The first kappa shape index (κ1) is 30.6. The first-order valence-electron chi connectivity index (χ1n) is 8.53. The Labute approximate surface area is 194 Å². The third-order valence-corrected chi connectivity index (χ3v) is 4.68. The summed E-state index contributed by atoms with van der Waals surface area (Å²) < 4.78 is 170. The van der Waals surface area contributed by atoms with Gasteiger partial charge in [0, 0.05) is 15.7 Å². The van der Waals surface area contributed by atoms with E-state index in [9.17, 15) is 66.7 Å². The molecule has 0 atom stereocenters. The fourth-order valence-electron chi connectivity index (χ4n) is 2.14. The predicted octanol–water partition coefficient (Wildman–Crippen LogP) is 6.25. The van der Waals surface area contributed by atoms with Crippen LogP contribution in [0.2, 0.25) is 0 Å². The van der Waals surface area contributed by atoms with E-state index in [1.165, 1.54) is 24.3 Å². The Morgan fingerprint density at radius 3 is 1.63 bits per heavy atom. The molecule has 0 bridgehead atoms. The Morgan fingerprint density at radius 2 is 1.20 bits per heavy atom. The van der Waals surface area contributed by atoms with Crippen LogP contribution < -0.4 is 5.43 Å². The lowest BCUT2D eigenvalue weighted by Gasteiger charge is -2.39. The maximum Gasteiger partial charge on any atom is 0.460 e. The number of Topliss-reactive ketones (excluding diaryl/α,β-unsaturated/α-hetero) is 1. The minimum Gasteiger partial charge on any atom is -0.292 e. The first-order valence-corrected chi connectivity index (χ1v) is 9.32. The molecule has 198 valence electrons. The molecule has 1 N–H and O–H groups in total. The summed E-state index contributed by atoms with van der Waals surface area (Å²) in [6.07, 6.45) is -9.58. The van der Waals surface area contributed by atoms with Crippen LogP contribution in [0.4, 0.5) is 57.1 Å². The molecule has 1 rings (SSSR count). The molecule has 0 aliphatic carbocycles. The number of carbonyl (C=O) groups is 2. The number of hydrazone groups is 1. The summed E-state index contributed by atoms with van der Waals surface area (Å²) in [4.78, 5) is 23.3. The monoisotopic (exact) mass is 600 g/mol. The molecule has 0 aliphatic rings. The molecule has 0 saturated heterocycles. The van der Waals surface area contributed by atoms with E-state index >= 15 is 0 Å². The maximum absolute atomic E-state index is 13.8. The third-order valence-electron chi connectivity index (χ3n) is 4.15. The Kier molecular flexibility index (Phi) is 8.38. The molecule has 18 heteroatoms. The molecule has 0 aromatic heterocycles. The number of ketones is 1. The number of nitrogens with one attached hydrogen (secondary N) is 1. The standard InChI is InChI=1S/C17H10BrF13N2O2/c1-7(32-33-11(35)8-2-4-9(18)5-3-8)6-10(34)12(19,20)13(21,22)14(23,24)15(25,26)16(27,28)17(29,30)31/h2-5H,6H2,1H3,(H,33,35)/b32-7+. The third kappa shape index (κ3) is 5.40. The largest absolute Gasteiger partial charge is 0.460 e. The molecule has 0 fully saturated rings. The van der Waals surface area contributed by atoms with Crippen molar-refractivity contribution in [2.24, 2.45) is 5.10 Å². The van der Waals surface area contributed by atoms with Gasteiger partial charge in [0.1, 0.15) is 0 Å². The number of benzene rings is 1. The SMILES string of the molecule is C/C(CC(=O)C(F)(F)C(F)(F)C(F)(F)C(F)(F)C(F)(F)C(F)(F)F)=N\NC(=O)c1ccc(Br)cc1. The smallest absolute Gasteiger partial charge is 0.292 e. The summed E-state index contributed by atoms with van der Waals surface area (Å²) in [5.74, 6) is -43.0. The Hall–Kier alpha value is -2.40. The summed E-state index contributed by atoms with van der Waals surface area (Å²) in [7, 11) is 0. The van der Waals surface area contributed by atoms with E-state index in [2.05, 4.69) is 21.0 Å². The van der Waals surface area contributed by atoms with Crippen molar-refractivity contribution >= 4 is 33.3 Å². The zero-order valence-corrected chi connectivity index (χ0v) is 18.2. The average Bonchev–Trinajstić information content (AvgIpc) is 2.70. The molecule has 35 heavy (non-hydrogen) atoms. The van der Waals surface area contributed by atoms with Crippen molar-refractivity contribution in [3.05, 3.63) is 34.3 Å². The Balaban J connectivity index is 3.17. The number of nitrogens with zero attached hydrogens (tertiary/aromatic N) is 1. The highest BCUT2D eigenvalue weighted by molar-refractivity contribution is 9.10. The molecular formula is C17H10BrF13N2O2. The molecule has 0 saturated carbocycles. The van der Waals surface area contributed by atoms with Crippen LogP contribution in [0.25, 0.3) is 0 Å². The molecule has 4 nitrogen and oxygen atoms in total. The van der Waals surface area contributed by atoms with Crippen LogP contribution >= 0.6 is 15.9 Å². The van der Waals surface area contributed by atoms with Crippen molar-refractivity contribution in [3.63, 3.8) is 0 Å². The number of carbonyl (C=O) groups excluding carboxylic acids is 2. The van der Waals surface area contributed by atoms with Gasteiger partial charge in [-0.1, -0.05) is 15.9 Å². The van der Waals surface area contributed by atoms with Crippen LogP contribution in [0.3, 0.4) is 0 Å². The fourth-order valence-corrected chi connectivity index (χ4v) is 2.40. The first-order chi connectivity index (χ1) is 15.4. The molecule has 1 aromatic rings. The van der Waals surface area contributed by atoms with Crippen LogP contribution in [0.5, 0.6) is 0 Å². The van der Waals surface area contributed by atoms with E-state index in [-0.39, 0.29) is 5.56 Å². The van der Waals surface area contributed by atoms with Gasteiger partial charge in [-0.15, -0.1) is 0 Å². The number of rotatable bonds is 9. The van der Waals surface area contributed by atoms with Gasteiger partial charge in [0.2, 0.25) is 5.78 Å². The normalized spacial score (nSPS) is 14.7. The van der Waals surface area contributed by atoms with Crippen LogP contribution in [-0.4, -0.2) is 53.2 Å². The minimum atomic E-state index is -8.10. The van der Waals surface area contributed by atoms with Crippen molar-refractivity contribution in [1.29, 1.82) is 0 Å². The van der Waals surface area contributed by atoms with Crippen molar-refractivity contribution in [2.45, 2.75) is 49.1 Å². The lowest BCUT2D eigenvalue weighted by atomic mass is 9.91. The summed E-state index contributed by atoms with van der Waals surface area (Å²) in [6, 6.07) is 5.16. The van der Waals surface area contributed by atoms with Crippen LogP contribution in [0.15, 0.2) is 33.8 Å². The summed E-state index contributed by atoms with van der Waals surface area (Å²) >= 11 is 3.04. The van der Waals surface area contributed by atoms with E-state index in [0.717, 1.165) is 0 Å². The van der Waals surface area contributed by atoms with E-state index in [1.54, 1.807) is 5.43 Å². The van der Waals surface area contributed by atoms with E-state index < -0.39 is 59.6 Å². The summed E-state index contributed by atoms with van der Waals surface area (Å²) in [5.41, 5.74) is 0.585. The molecule has 0 heterocycles. The molecule has 0 radical (unpaired) electrons. The second-order valence-corrected chi connectivity index (χ2v) is 7.68. The fraction of sp³-hybridized carbons (Fsp3) is 0.471. The second-order valence-electron chi connectivity index (χ2n) is 6.76. The second kappa shape index (κ2) is 9.57. The summed E-state index contributed by atoms with van der Waals surface area (Å²) in [6.45, 7) is 0.610. The van der Waals surface area contributed by atoms with E-state index in [4.69, 9.17) is 0 Å². The van der Waals surface area contributed by atoms with Crippen LogP contribution in [0.1, 0.15) is 23.7 Å². The van der Waals surface area contributed by atoms with Crippen molar-refractivity contribution in [1.82, 2.24) is 5.43 Å². The molecule has 1 amide bonds. The highest BCUT2D eigenvalue weighted by atomic mass is 79.9. The number of hydrogen-bond acceptors (Lipinski definition) is 3. The Bertz CT molecular complexity index is 989. The van der Waals surface area contributed by atoms with Crippen LogP contribution in [0, 0.1) is 0 Å². The van der Waals surface area contributed by atoms with Gasteiger partial charge in [0.15, 0.2) is 0 Å². The van der Waals surface area contributed by atoms with E-state index in [1.807, 2.05) is 0 Å². The topological polar surface area (TPSA) is 58.5 Å². The van der Waals surface area contributed by atoms with Gasteiger partial charge in [-0.3, -0.25) is 9.59 Å². The van der Waals surface area contributed by atoms with Crippen molar-refractivity contribution in [3.8, 4) is 0 Å². The highest BCUT2D eigenvalue weighted by Crippen LogP contribution is 2.60. The molecule has 0 aliphatic heterocycles. The van der Waals surface area contributed by atoms with Gasteiger partial charge in [0.25, 0.3) is 5.91 Å². The highest BCUT2D eigenvalue weighted by Gasteiger charge is 2.91. The van der Waals surface area contributed by atoms with Gasteiger partial charge in [0.05, 0.1) is 6.42 Å².